The molecule has 3 N–H and O–H groups in total. The summed E-state index contributed by atoms with van der Waals surface area (Å²) in [6.45, 7) is -0.292. The third-order valence-corrected chi connectivity index (χ3v) is 2.94. The minimum atomic E-state index is -0.439. The van der Waals surface area contributed by atoms with E-state index in [9.17, 15) is 4.39 Å². The molecule has 4 heteroatoms. The lowest BCUT2D eigenvalue weighted by Gasteiger charge is -2.03. The molecule has 2 rings (SSSR count). The van der Waals surface area contributed by atoms with Crippen LogP contribution >= 0.6 is 11.3 Å². The summed E-state index contributed by atoms with van der Waals surface area (Å²) in [6, 6.07) is 3.02. The highest BCUT2D eigenvalue weighted by atomic mass is 32.1. The number of hydrogen-bond donors (Lipinski definition) is 2. The standard InChI is InChI=1S/C9H8FNOS/c10-7-3-8(11)9-5(1-2-13-9)6(7)4-12/h1-3,12H,4,11H2. The van der Waals surface area contributed by atoms with Crippen molar-refractivity contribution in [3.05, 3.63) is 28.9 Å². The Bertz CT molecular complexity index is 452. The monoisotopic (exact) mass is 197 g/mol. The Morgan fingerprint density at radius 2 is 2.31 bits per heavy atom. The lowest BCUT2D eigenvalue weighted by atomic mass is 10.1. The molecular formula is C9H8FNOS. The number of aliphatic hydroxyl groups excluding tert-OH is 1. The van der Waals surface area contributed by atoms with Crippen molar-refractivity contribution in [2.75, 3.05) is 5.73 Å². The van der Waals surface area contributed by atoms with E-state index in [4.69, 9.17) is 10.8 Å². The second-order valence-electron chi connectivity index (χ2n) is 2.75. The summed E-state index contributed by atoms with van der Waals surface area (Å²) >= 11 is 1.45. The normalized spacial score (nSPS) is 10.9. The first-order valence-corrected chi connectivity index (χ1v) is 4.67. The second-order valence-corrected chi connectivity index (χ2v) is 3.66. The summed E-state index contributed by atoms with van der Waals surface area (Å²) in [7, 11) is 0. The van der Waals surface area contributed by atoms with Gasteiger partial charge in [-0.3, -0.25) is 0 Å². The first kappa shape index (κ1) is 8.47. The molecule has 0 atom stereocenters. The zero-order valence-electron chi connectivity index (χ0n) is 6.75. The third-order valence-electron chi connectivity index (χ3n) is 1.98. The maximum atomic E-state index is 13.2. The molecule has 2 nitrogen and oxygen atoms in total. The molecule has 0 amide bonds. The highest BCUT2D eigenvalue weighted by Crippen LogP contribution is 2.31. The molecular weight excluding hydrogens is 189 g/mol. The maximum absolute atomic E-state index is 13.2. The quantitative estimate of drug-likeness (QED) is 0.688. The van der Waals surface area contributed by atoms with Crippen LogP contribution in [-0.4, -0.2) is 5.11 Å². The molecule has 0 aliphatic heterocycles. The van der Waals surface area contributed by atoms with Gasteiger partial charge in [0.25, 0.3) is 0 Å². The van der Waals surface area contributed by atoms with Gasteiger partial charge in [0.2, 0.25) is 0 Å². The summed E-state index contributed by atoms with van der Waals surface area (Å²) in [5.74, 6) is -0.439. The zero-order valence-corrected chi connectivity index (χ0v) is 7.57. The maximum Gasteiger partial charge on any atom is 0.131 e. The van der Waals surface area contributed by atoms with E-state index < -0.39 is 5.82 Å². The molecule has 0 aliphatic carbocycles. The summed E-state index contributed by atoms with van der Waals surface area (Å²) in [5, 5.41) is 11.5. The summed E-state index contributed by atoms with van der Waals surface area (Å²) in [4.78, 5) is 0. The van der Waals surface area contributed by atoms with Crippen molar-refractivity contribution in [1.29, 1.82) is 0 Å². The molecule has 0 bridgehead atoms. The van der Waals surface area contributed by atoms with E-state index in [1.54, 1.807) is 6.07 Å². The number of rotatable bonds is 1. The third kappa shape index (κ3) is 1.18. The van der Waals surface area contributed by atoms with Crippen LogP contribution in [-0.2, 0) is 6.61 Å². The van der Waals surface area contributed by atoms with E-state index >= 15 is 0 Å². The SMILES string of the molecule is Nc1cc(F)c(CO)c2ccsc12. The molecule has 1 aromatic heterocycles. The van der Waals surface area contributed by atoms with Gasteiger partial charge in [0.15, 0.2) is 0 Å². The number of benzene rings is 1. The van der Waals surface area contributed by atoms with Gasteiger partial charge in [0, 0.05) is 10.9 Å². The van der Waals surface area contributed by atoms with E-state index in [1.165, 1.54) is 17.4 Å². The average molecular weight is 197 g/mol. The van der Waals surface area contributed by atoms with Gasteiger partial charge in [-0.25, -0.2) is 4.39 Å². The summed E-state index contributed by atoms with van der Waals surface area (Å²) in [6.07, 6.45) is 0. The molecule has 1 aromatic carbocycles. The second kappa shape index (κ2) is 2.97. The number of nitrogens with two attached hydrogens (primary N) is 1. The van der Waals surface area contributed by atoms with E-state index in [1.807, 2.05) is 5.38 Å². The Morgan fingerprint density at radius 1 is 1.54 bits per heavy atom. The highest BCUT2D eigenvalue weighted by molar-refractivity contribution is 7.17. The lowest BCUT2D eigenvalue weighted by Crippen LogP contribution is -1.94. The van der Waals surface area contributed by atoms with E-state index in [-0.39, 0.29) is 6.61 Å². The van der Waals surface area contributed by atoms with Gasteiger partial charge in [-0.05, 0) is 17.5 Å². The first-order valence-electron chi connectivity index (χ1n) is 3.79. The Kier molecular flexibility index (Phi) is 1.94. The molecule has 0 spiro atoms. The number of halogens is 1. The van der Waals surface area contributed by atoms with Crippen LogP contribution in [0, 0.1) is 5.82 Å². The molecule has 0 radical (unpaired) electrons. The zero-order chi connectivity index (χ0) is 9.42. The largest absolute Gasteiger partial charge is 0.397 e. The topological polar surface area (TPSA) is 46.2 Å². The van der Waals surface area contributed by atoms with Crippen LogP contribution in [0.1, 0.15) is 5.56 Å². The molecule has 1 heterocycles. The van der Waals surface area contributed by atoms with E-state index in [2.05, 4.69) is 0 Å². The molecule has 0 unspecified atom stereocenters. The predicted molar refractivity (Wildman–Crippen MR) is 52.1 cm³/mol. The molecule has 0 saturated carbocycles. The van der Waals surface area contributed by atoms with Gasteiger partial charge in [-0.15, -0.1) is 11.3 Å². The Balaban J connectivity index is 2.88. The van der Waals surface area contributed by atoms with Gasteiger partial charge >= 0.3 is 0 Å². The molecule has 13 heavy (non-hydrogen) atoms. The smallest absolute Gasteiger partial charge is 0.131 e. The fourth-order valence-electron chi connectivity index (χ4n) is 1.35. The number of anilines is 1. The molecule has 0 fully saturated rings. The highest BCUT2D eigenvalue weighted by Gasteiger charge is 2.10. The van der Waals surface area contributed by atoms with Crippen LogP contribution in [0.15, 0.2) is 17.5 Å². The van der Waals surface area contributed by atoms with Crippen LogP contribution in [0.3, 0.4) is 0 Å². The Morgan fingerprint density at radius 3 is 3.00 bits per heavy atom. The van der Waals surface area contributed by atoms with Gasteiger partial charge in [-0.1, -0.05) is 0 Å². The van der Waals surface area contributed by atoms with Crippen molar-refractivity contribution in [2.45, 2.75) is 6.61 Å². The van der Waals surface area contributed by atoms with Crippen LogP contribution in [0.25, 0.3) is 10.1 Å². The van der Waals surface area contributed by atoms with E-state index in [0.717, 1.165) is 4.70 Å². The van der Waals surface area contributed by atoms with Crippen molar-refractivity contribution in [2.24, 2.45) is 0 Å². The van der Waals surface area contributed by atoms with Crippen LogP contribution < -0.4 is 5.73 Å². The Labute approximate surface area is 78.4 Å². The van der Waals surface area contributed by atoms with E-state index in [0.29, 0.717) is 16.6 Å². The molecule has 0 saturated heterocycles. The van der Waals surface area contributed by atoms with Crippen molar-refractivity contribution < 1.29 is 9.50 Å². The van der Waals surface area contributed by atoms with Gasteiger partial charge < -0.3 is 10.8 Å². The van der Waals surface area contributed by atoms with Crippen LogP contribution in [0.4, 0.5) is 10.1 Å². The number of hydrogen-bond acceptors (Lipinski definition) is 3. The fraction of sp³-hybridized carbons (Fsp3) is 0.111. The minimum Gasteiger partial charge on any atom is -0.397 e. The minimum absolute atomic E-state index is 0.292. The van der Waals surface area contributed by atoms with Crippen molar-refractivity contribution in [3.63, 3.8) is 0 Å². The lowest BCUT2D eigenvalue weighted by molar-refractivity contribution is 0.277. The predicted octanol–water partition coefficient (Wildman–Crippen LogP) is 2.11. The van der Waals surface area contributed by atoms with Gasteiger partial charge in [-0.2, -0.15) is 0 Å². The Hall–Kier alpha value is -1.13. The number of nitrogen functional groups attached to an aromatic ring is 1. The number of fused-ring (bicyclic) bond motifs is 1. The molecule has 68 valence electrons. The summed E-state index contributed by atoms with van der Waals surface area (Å²) < 4.78 is 14.1. The molecule has 0 aliphatic rings. The summed E-state index contributed by atoms with van der Waals surface area (Å²) in [5.41, 5.74) is 6.37. The van der Waals surface area contributed by atoms with Crippen molar-refractivity contribution in [3.8, 4) is 0 Å². The van der Waals surface area contributed by atoms with Crippen LogP contribution in [0.2, 0.25) is 0 Å². The van der Waals surface area contributed by atoms with Crippen molar-refractivity contribution in [1.82, 2.24) is 0 Å². The van der Waals surface area contributed by atoms with Crippen LogP contribution in [0.5, 0.6) is 0 Å². The van der Waals surface area contributed by atoms with Gasteiger partial charge in [0.1, 0.15) is 5.82 Å². The number of thiophene rings is 1. The fourth-order valence-corrected chi connectivity index (χ4v) is 2.20. The van der Waals surface area contributed by atoms with Crippen molar-refractivity contribution >= 4 is 27.1 Å². The molecule has 2 aromatic rings. The number of aliphatic hydroxyl groups is 1. The first-order chi connectivity index (χ1) is 6.24. The van der Waals surface area contributed by atoms with Gasteiger partial charge in [0.05, 0.1) is 17.0 Å². The average Bonchev–Trinajstić information content (AvgIpc) is 2.53.